The van der Waals surface area contributed by atoms with E-state index >= 15 is 0 Å². The van der Waals surface area contributed by atoms with Crippen LogP contribution in [0.5, 0.6) is 17.2 Å². The largest absolute Gasteiger partial charge is 0.484 e. The summed E-state index contributed by atoms with van der Waals surface area (Å²) in [6, 6.07) is 12.4. The molecule has 3 saturated heterocycles. The Morgan fingerprint density at radius 1 is 0.594 bits per heavy atom. The summed E-state index contributed by atoms with van der Waals surface area (Å²) in [5.41, 5.74) is 8.01. The van der Waals surface area contributed by atoms with Gasteiger partial charge in [-0.05, 0) is 126 Å². The Balaban J connectivity index is 0.000000102. The van der Waals surface area contributed by atoms with Gasteiger partial charge in [-0.15, -0.1) is 0 Å². The number of hydrogen-bond acceptors (Lipinski definition) is 14. The van der Waals surface area contributed by atoms with Crippen molar-refractivity contribution >= 4 is 11.6 Å². The summed E-state index contributed by atoms with van der Waals surface area (Å²) in [5.74, 6) is 2.14. The van der Waals surface area contributed by atoms with Crippen molar-refractivity contribution in [3.05, 3.63) is 122 Å². The number of piperidine rings is 3. The molecule has 4 fully saturated rings. The average molecular weight is 940 g/mol. The number of likely N-dealkylation sites (N-methyl/N-ethyl adjacent to an activating group) is 3. The van der Waals surface area contributed by atoms with Gasteiger partial charge in [-0.3, -0.25) is 19.4 Å². The smallest absolute Gasteiger partial charge is 0.196 e. The van der Waals surface area contributed by atoms with Crippen molar-refractivity contribution in [1.82, 2.24) is 14.7 Å². The van der Waals surface area contributed by atoms with Gasteiger partial charge in [0.1, 0.15) is 29.0 Å². The molecule has 3 aromatic carbocycles. The summed E-state index contributed by atoms with van der Waals surface area (Å²) in [6.45, 7) is 2.47. The van der Waals surface area contributed by atoms with Gasteiger partial charge in [0.05, 0.1) is 48.3 Å². The van der Waals surface area contributed by atoms with Crippen LogP contribution in [0.15, 0.2) is 71.8 Å². The Bertz CT molecular complexity index is 2860. The second kappa shape index (κ2) is 14.9. The Morgan fingerprint density at radius 3 is 1.80 bits per heavy atom. The third-order valence-electron chi connectivity index (χ3n) is 19.5. The van der Waals surface area contributed by atoms with Crippen LogP contribution in [0.3, 0.4) is 0 Å². The fourth-order valence-electron chi connectivity index (χ4n) is 16.3. The molecule has 11 atom stereocenters. The fourth-order valence-corrected chi connectivity index (χ4v) is 16.3. The zero-order valence-electron chi connectivity index (χ0n) is 39.4. The highest BCUT2D eigenvalue weighted by atomic mass is 16.5. The number of aliphatic hydroxyl groups is 6. The highest BCUT2D eigenvalue weighted by Gasteiger charge is 2.74. The van der Waals surface area contributed by atoms with Gasteiger partial charge in [-0.2, -0.15) is 0 Å². The number of carbonyl (C=O) groups excluding carboxylic acids is 2. The molecule has 6 N–H and O–H groups in total. The zero-order chi connectivity index (χ0) is 47.7. The normalized spacial score (nSPS) is 38.2. The zero-order valence-corrected chi connectivity index (χ0v) is 39.4. The molecule has 3 aromatic rings. The number of nitrogens with zero attached hydrogens (tertiary/aromatic N) is 3. The van der Waals surface area contributed by atoms with E-state index in [9.17, 15) is 40.2 Å². The van der Waals surface area contributed by atoms with Crippen molar-refractivity contribution in [3.63, 3.8) is 0 Å². The van der Waals surface area contributed by atoms with E-state index in [1.54, 1.807) is 6.08 Å². The molecule has 362 valence electrons. The molecule has 69 heavy (non-hydrogen) atoms. The van der Waals surface area contributed by atoms with Crippen LogP contribution in [0, 0.1) is 0 Å². The van der Waals surface area contributed by atoms with E-state index in [1.165, 1.54) is 22.8 Å². The molecule has 0 amide bonds. The van der Waals surface area contributed by atoms with E-state index in [2.05, 4.69) is 40.9 Å². The van der Waals surface area contributed by atoms with Crippen LogP contribution in [0.4, 0.5) is 0 Å². The lowest BCUT2D eigenvalue weighted by Crippen LogP contribution is -2.76. The lowest BCUT2D eigenvalue weighted by molar-refractivity contribution is -0.185. The van der Waals surface area contributed by atoms with Gasteiger partial charge in [-0.1, -0.05) is 48.6 Å². The minimum atomic E-state index is -1.11. The number of likely N-dealkylation sites (tertiary alicyclic amines) is 3. The molecule has 0 aromatic heterocycles. The predicted octanol–water partition coefficient (Wildman–Crippen LogP) is 2.14. The highest BCUT2D eigenvalue weighted by Crippen LogP contribution is 2.66. The third-order valence-corrected chi connectivity index (χ3v) is 19.5. The molecule has 6 heterocycles. The Kier molecular flexibility index (Phi) is 9.55. The van der Waals surface area contributed by atoms with Crippen LogP contribution in [-0.4, -0.2) is 152 Å². The maximum Gasteiger partial charge on any atom is 0.196 e. The van der Waals surface area contributed by atoms with Crippen molar-refractivity contribution < 1.29 is 54.4 Å². The first-order valence-electron chi connectivity index (χ1n) is 24.9. The number of benzene rings is 3. The van der Waals surface area contributed by atoms with Gasteiger partial charge < -0.3 is 49.7 Å². The number of aliphatic hydroxyl groups excluding tert-OH is 4. The summed E-state index contributed by atoms with van der Waals surface area (Å²) in [5, 5.41) is 62.2. The standard InChI is InChI=1S/C19H21NO3.C18H21NO4.C18H19NO4/c1-20-7-6-19-14-5-4-13(10-22)18(19)23-17-12(9-21)3-2-11(16(17)19)8-15(14)20;2*1-19-7-6-17-14-10-2-3-11(9-20)15(14)23-16(17)12(21)4-5-18(17,22)13(19)8-10/h2-5,15,18,21-22H,6-10H2,1H3;2-3,13,16,20,22H,4-9H2,1H3;2-5,13,16,20,22H,6-9H2,1H3/t15?,18-,19?;2*13?,16-,17?,18+/m000/s1. The van der Waals surface area contributed by atoms with E-state index in [-0.39, 0.29) is 61.6 Å². The van der Waals surface area contributed by atoms with E-state index in [1.807, 2.05) is 43.5 Å². The first-order valence-corrected chi connectivity index (χ1v) is 24.9. The van der Waals surface area contributed by atoms with Crippen LogP contribution in [0.2, 0.25) is 0 Å². The first-order chi connectivity index (χ1) is 33.3. The number of rotatable bonds is 4. The first kappa shape index (κ1) is 44.2. The lowest BCUT2D eigenvalue weighted by Gasteiger charge is -2.62. The fraction of sp³-hybridized carbons (Fsp3) is 0.527. The maximum atomic E-state index is 12.6. The monoisotopic (exact) mass is 939 g/mol. The van der Waals surface area contributed by atoms with Gasteiger partial charge in [0, 0.05) is 57.9 Å². The van der Waals surface area contributed by atoms with Crippen molar-refractivity contribution in [2.24, 2.45) is 0 Å². The number of Topliss-reactive ketones (excluding diaryl/α,β-unsaturated/α-hetero) is 1. The Hall–Kier alpha value is -4.74. The summed E-state index contributed by atoms with van der Waals surface area (Å²) in [4.78, 5) is 32.0. The van der Waals surface area contributed by atoms with Crippen molar-refractivity contribution in [3.8, 4) is 17.2 Å². The molecule has 15 rings (SSSR count). The topological polar surface area (TPSA) is 193 Å². The van der Waals surface area contributed by atoms with Crippen LogP contribution < -0.4 is 14.2 Å². The molecule has 14 nitrogen and oxygen atoms in total. The molecule has 6 bridgehead atoms. The average Bonchev–Trinajstić information content (AvgIpc) is 4.03. The van der Waals surface area contributed by atoms with Gasteiger partial charge in [0.2, 0.25) is 0 Å². The van der Waals surface area contributed by atoms with Crippen LogP contribution in [0.25, 0.3) is 0 Å². The lowest BCUT2D eigenvalue weighted by atomic mass is 9.49. The minimum Gasteiger partial charge on any atom is -0.484 e. The molecule has 12 aliphatic rings. The Labute approximate surface area is 401 Å². The highest BCUT2D eigenvalue weighted by molar-refractivity contribution is 5.99. The third kappa shape index (κ3) is 5.22. The molecular weight excluding hydrogens is 879 g/mol. The Morgan fingerprint density at radius 2 is 1.14 bits per heavy atom. The van der Waals surface area contributed by atoms with E-state index < -0.39 is 34.2 Å². The molecule has 14 heteroatoms. The molecule has 6 aliphatic carbocycles. The molecule has 3 spiro atoms. The molecule has 0 radical (unpaired) electrons. The summed E-state index contributed by atoms with van der Waals surface area (Å²) in [6.07, 6.45) is 11.8. The van der Waals surface area contributed by atoms with Crippen molar-refractivity contribution in [2.75, 3.05) is 47.4 Å². The number of hydrogen-bond donors (Lipinski definition) is 6. The SMILES string of the molecule is CN1CCC23C4=CC=C(CO)[C@@H]2Oc2c(CO)ccc(c23)CC41.CN1CCC23c4c5ccc(CO)c4O[C@H]2C(=O)C=C[C@@]3(O)C1C5.CN1CCC23c4c5ccc(CO)c4O[C@H]2C(=O)CC[C@@]3(O)C1C5. The summed E-state index contributed by atoms with van der Waals surface area (Å²) < 4.78 is 18.6. The van der Waals surface area contributed by atoms with Crippen LogP contribution >= 0.6 is 0 Å². The number of ether oxygens (including phenoxy) is 3. The van der Waals surface area contributed by atoms with Gasteiger partial charge in [0.25, 0.3) is 0 Å². The van der Waals surface area contributed by atoms with E-state index in [4.69, 9.17) is 14.2 Å². The summed E-state index contributed by atoms with van der Waals surface area (Å²) >= 11 is 0. The summed E-state index contributed by atoms with van der Waals surface area (Å²) in [7, 11) is 6.28. The van der Waals surface area contributed by atoms with Crippen LogP contribution in [-0.2, 0) is 64.9 Å². The second-order valence-electron chi connectivity index (χ2n) is 22.0. The predicted molar refractivity (Wildman–Crippen MR) is 251 cm³/mol. The van der Waals surface area contributed by atoms with Gasteiger partial charge in [0.15, 0.2) is 23.8 Å². The van der Waals surface area contributed by atoms with Crippen LogP contribution in [0.1, 0.15) is 82.2 Å². The molecular formula is C55H61N3O11. The number of ketones is 2. The van der Waals surface area contributed by atoms with Gasteiger partial charge in [-0.25, -0.2) is 0 Å². The molecule has 6 aliphatic heterocycles. The second-order valence-corrected chi connectivity index (χ2v) is 22.0. The molecule has 6 unspecified atom stereocenters. The van der Waals surface area contributed by atoms with Crippen molar-refractivity contribution in [1.29, 1.82) is 0 Å². The quantitative estimate of drug-likeness (QED) is 0.223. The maximum absolute atomic E-state index is 12.6. The molecule has 1 saturated carbocycles. The van der Waals surface area contributed by atoms with E-state index in [0.717, 1.165) is 96.4 Å². The van der Waals surface area contributed by atoms with Gasteiger partial charge >= 0.3 is 0 Å². The van der Waals surface area contributed by atoms with E-state index in [0.29, 0.717) is 42.4 Å². The number of carbonyl (C=O) groups is 2. The number of allylic oxidation sites excluding steroid dienone is 2. The van der Waals surface area contributed by atoms with Crippen molar-refractivity contribution in [2.45, 2.75) is 135 Å². The minimum absolute atomic E-state index is 0.00797.